The molecule has 3 aromatic rings. The van der Waals surface area contributed by atoms with Crippen molar-refractivity contribution in [1.29, 1.82) is 0 Å². The van der Waals surface area contributed by atoms with Crippen molar-refractivity contribution in [1.82, 2.24) is 4.90 Å². The predicted octanol–water partition coefficient (Wildman–Crippen LogP) is 7.06. The van der Waals surface area contributed by atoms with Crippen molar-refractivity contribution in [3.05, 3.63) is 101 Å². The van der Waals surface area contributed by atoms with E-state index in [1.54, 1.807) is 6.08 Å². The second-order valence-electron chi connectivity index (χ2n) is 9.86. The number of allylic oxidation sites excluding steroid dienone is 2. The Bertz CT molecular complexity index is 1280. The fourth-order valence-electron chi connectivity index (χ4n) is 5.27. The third-order valence-corrected chi connectivity index (χ3v) is 7.21. The van der Waals surface area contributed by atoms with Crippen LogP contribution in [0.5, 0.6) is 0 Å². The highest BCUT2D eigenvalue weighted by atomic mass is 16.1. The Kier molecular flexibility index (Phi) is 8.01. The summed E-state index contributed by atoms with van der Waals surface area (Å²) in [6.45, 7) is 6.66. The number of benzene rings is 3. The van der Waals surface area contributed by atoms with Crippen LogP contribution < -0.4 is 0 Å². The largest absolute Gasteiger partial charge is 0.306 e. The molecule has 1 saturated heterocycles. The molecule has 1 atom stereocenters. The fourth-order valence-corrected chi connectivity index (χ4v) is 5.27. The van der Waals surface area contributed by atoms with Gasteiger partial charge >= 0.3 is 0 Å². The summed E-state index contributed by atoms with van der Waals surface area (Å²) in [5.74, 6) is 3.64. The topological polar surface area (TPSA) is 20.3 Å². The maximum Gasteiger partial charge on any atom is 0.160 e. The Balaban J connectivity index is 0.000000201. The number of rotatable bonds is 2. The minimum absolute atomic E-state index is 0.214. The Hall–Kier alpha value is -3.41. The van der Waals surface area contributed by atoms with E-state index in [1.165, 1.54) is 60.2 Å². The highest BCUT2D eigenvalue weighted by Crippen LogP contribution is 2.32. The van der Waals surface area contributed by atoms with Crippen molar-refractivity contribution in [2.75, 3.05) is 20.1 Å². The summed E-state index contributed by atoms with van der Waals surface area (Å²) in [7, 11) is 2.23. The van der Waals surface area contributed by atoms with Crippen LogP contribution in [0.3, 0.4) is 0 Å². The second kappa shape index (κ2) is 11.3. The van der Waals surface area contributed by atoms with Crippen LogP contribution in [0.2, 0.25) is 0 Å². The number of hydrogen-bond donors (Lipinski definition) is 0. The van der Waals surface area contributed by atoms with E-state index in [-0.39, 0.29) is 5.78 Å². The monoisotopic (exact) mass is 461 g/mol. The van der Waals surface area contributed by atoms with Crippen LogP contribution in [0.1, 0.15) is 59.9 Å². The van der Waals surface area contributed by atoms with Crippen molar-refractivity contribution in [2.24, 2.45) is 0 Å². The molecule has 0 amide bonds. The molecule has 35 heavy (non-hydrogen) atoms. The molecule has 2 aliphatic rings. The average Bonchev–Trinajstić information content (AvgIpc) is 3.08. The van der Waals surface area contributed by atoms with Crippen LogP contribution in [-0.2, 0) is 11.2 Å². The summed E-state index contributed by atoms with van der Waals surface area (Å²) in [6, 6.07) is 23.2. The molecule has 0 N–H and O–H groups in total. The molecule has 0 bridgehead atoms. The molecule has 5 rings (SSSR count). The molecule has 1 aliphatic carbocycles. The van der Waals surface area contributed by atoms with Crippen LogP contribution in [0.15, 0.2) is 72.8 Å². The molecule has 2 nitrogen and oxygen atoms in total. The van der Waals surface area contributed by atoms with Crippen LogP contribution in [0.25, 0.3) is 16.7 Å². The lowest BCUT2D eigenvalue weighted by Crippen LogP contribution is -2.18. The number of terminal acetylenes is 1. The van der Waals surface area contributed by atoms with E-state index in [9.17, 15) is 4.79 Å². The highest BCUT2D eigenvalue weighted by molar-refractivity contribution is 6.01. The molecule has 0 spiro atoms. The van der Waals surface area contributed by atoms with Gasteiger partial charge in [-0.05, 0) is 116 Å². The van der Waals surface area contributed by atoms with Gasteiger partial charge in [-0.3, -0.25) is 4.79 Å². The molecule has 0 saturated carbocycles. The van der Waals surface area contributed by atoms with Crippen LogP contribution in [-0.4, -0.2) is 30.8 Å². The first-order valence-corrected chi connectivity index (χ1v) is 12.6. The van der Waals surface area contributed by atoms with Crippen molar-refractivity contribution in [3.8, 4) is 23.5 Å². The van der Waals surface area contributed by atoms with Crippen molar-refractivity contribution in [3.63, 3.8) is 0 Å². The molecule has 2 heteroatoms. The summed E-state index contributed by atoms with van der Waals surface area (Å²) in [6.07, 6.45) is 11.7. The van der Waals surface area contributed by atoms with Gasteiger partial charge in [-0.25, -0.2) is 0 Å². The zero-order valence-electron chi connectivity index (χ0n) is 21.2. The molecule has 3 aromatic carbocycles. The summed E-state index contributed by atoms with van der Waals surface area (Å²) in [4.78, 5) is 13.6. The molecule has 0 aromatic heterocycles. The van der Waals surface area contributed by atoms with Gasteiger partial charge in [0.05, 0.1) is 0 Å². The van der Waals surface area contributed by atoms with Crippen molar-refractivity contribution < 1.29 is 4.79 Å². The van der Waals surface area contributed by atoms with E-state index in [2.05, 4.69) is 61.2 Å². The quantitative estimate of drug-likeness (QED) is 0.381. The standard InChI is InChI=1S/C22H25N.C11H10O/c1-4-18-7-5-8-20(16-18)21-10-11-22(17(2)15-21)19-9-6-13-23(3)14-12-19;1-8-6-10(12)7-9-4-2-3-5-11(8)9/h1,5,7-8,10-11,15-16,19H,6,9,12-14H2,2-3H3;2-6H,7H2,1H3. The molecule has 178 valence electrons. The number of hydrogen-bond acceptors (Lipinski definition) is 2. The third kappa shape index (κ3) is 6.18. The van der Waals surface area contributed by atoms with E-state index < -0.39 is 0 Å². The lowest BCUT2D eigenvalue weighted by Gasteiger charge is -2.18. The average molecular weight is 462 g/mol. The normalized spacial score (nSPS) is 17.8. The zero-order chi connectivity index (χ0) is 24.8. The number of fused-ring (bicyclic) bond motifs is 1. The summed E-state index contributed by atoms with van der Waals surface area (Å²) in [5.41, 5.74) is 9.79. The lowest BCUT2D eigenvalue weighted by atomic mass is 9.87. The minimum atomic E-state index is 0.214. The molecular weight excluding hydrogens is 426 g/mol. The van der Waals surface area contributed by atoms with E-state index >= 15 is 0 Å². The smallest absolute Gasteiger partial charge is 0.160 e. The number of carbonyl (C=O) groups is 1. The molecule has 1 heterocycles. The number of ketones is 1. The van der Waals surface area contributed by atoms with E-state index in [0.29, 0.717) is 12.3 Å². The Morgan fingerprint density at radius 3 is 2.51 bits per heavy atom. The Morgan fingerprint density at radius 1 is 0.914 bits per heavy atom. The van der Waals surface area contributed by atoms with Crippen LogP contribution in [0.4, 0.5) is 0 Å². The van der Waals surface area contributed by atoms with E-state index in [1.807, 2.05) is 37.3 Å². The number of aryl methyl sites for hydroxylation is 1. The zero-order valence-corrected chi connectivity index (χ0v) is 21.2. The maximum absolute atomic E-state index is 11.2. The molecular formula is C33H35NO. The fraction of sp³-hybridized carbons (Fsp3) is 0.303. The third-order valence-electron chi connectivity index (χ3n) is 7.21. The lowest BCUT2D eigenvalue weighted by molar-refractivity contribution is -0.114. The number of carbonyl (C=O) groups excluding carboxylic acids is 1. The van der Waals surface area contributed by atoms with Crippen molar-refractivity contribution in [2.45, 2.75) is 45.4 Å². The van der Waals surface area contributed by atoms with Gasteiger partial charge < -0.3 is 4.90 Å². The molecule has 1 fully saturated rings. The highest BCUT2D eigenvalue weighted by Gasteiger charge is 2.18. The molecule has 1 unspecified atom stereocenters. The van der Waals surface area contributed by atoms with Gasteiger partial charge in [0.15, 0.2) is 5.78 Å². The molecule has 1 aliphatic heterocycles. The number of nitrogens with zero attached hydrogens (tertiary/aromatic N) is 1. The summed E-state index contributed by atoms with van der Waals surface area (Å²) >= 11 is 0. The van der Waals surface area contributed by atoms with Gasteiger partial charge in [-0.1, -0.05) is 60.5 Å². The predicted molar refractivity (Wildman–Crippen MR) is 147 cm³/mol. The minimum Gasteiger partial charge on any atom is -0.306 e. The van der Waals surface area contributed by atoms with Gasteiger partial charge in [-0.15, -0.1) is 6.42 Å². The van der Waals surface area contributed by atoms with Gasteiger partial charge in [0.25, 0.3) is 0 Å². The van der Waals surface area contributed by atoms with E-state index in [0.717, 1.165) is 16.7 Å². The van der Waals surface area contributed by atoms with Crippen molar-refractivity contribution >= 4 is 11.4 Å². The summed E-state index contributed by atoms with van der Waals surface area (Å²) in [5, 5.41) is 0. The Morgan fingerprint density at radius 2 is 1.71 bits per heavy atom. The maximum atomic E-state index is 11.2. The first-order valence-electron chi connectivity index (χ1n) is 12.6. The van der Waals surface area contributed by atoms with Gasteiger partial charge in [0.2, 0.25) is 0 Å². The summed E-state index contributed by atoms with van der Waals surface area (Å²) < 4.78 is 0. The Labute approximate surface area is 210 Å². The SMILES string of the molecule is C#Cc1cccc(-c2ccc(C3CCCN(C)CC3)c(C)c2)c1.CC1=CC(=O)Cc2ccccc21. The van der Waals surface area contributed by atoms with Gasteiger partial charge in [0, 0.05) is 12.0 Å². The van der Waals surface area contributed by atoms with Gasteiger partial charge in [-0.2, -0.15) is 0 Å². The van der Waals surface area contributed by atoms with Gasteiger partial charge in [0.1, 0.15) is 0 Å². The number of likely N-dealkylation sites (tertiary alicyclic amines) is 1. The second-order valence-corrected chi connectivity index (χ2v) is 9.86. The first kappa shape index (κ1) is 24.7. The first-order chi connectivity index (χ1) is 16.9. The van der Waals surface area contributed by atoms with Crippen LogP contribution >= 0.6 is 0 Å². The molecule has 0 radical (unpaired) electrons. The van der Waals surface area contributed by atoms with Crippen LogP contribution in [0, 0.1) is 19.3 Å². The van der Waals surface area contributed by atoms with E-state index in [4.69, 9.17) is 6.42 Å².